The molecule has 3 aromatic rings. The molecule has 0 spiro atoms. The highest BCUT2D eigenvalue weighted by molar-refractivity contribution is 9.10. The summed E-state index contributed by atoms with van der Waals surface area (Å²) in [6.45, 7) is 7.24. The van der Waals surface area contributed by atoms with E-state index in [2.05, 4.69) is 21.2 Å². The lowest BCUT2D eigenvalue weighted by Gasteiger charge is -2.35. The minimum absolute atomic E-state index is 0.0980. The Morgan fingerprint density at radius 2 is 1.60 bits per heavy atom. The Hall–Kier alpha value is -3.21. The van der Waals surface area contributed by atoms with Gasteiger partial charge in [0.25, 0.3) is 0 Å². The van der Waals surface area contributed by atoms with Crippen molar-refractivity contribution in [3.05, 3.63) is 99.5 Å². The highest BCUT2D eigenvalue weighted by Crippen LogP contribution is 2.26. The van der Waals surface area contributed by atoms with E-state index in [0.717, 1.165) is 36.2 Å². The first kappa shape index (κ1) is 33.3. The van der Waals surface area contributed by atoms with Crippen molar-refractivity contribution in [3.63, 3.8) is 0 Å². The molecule has 1 N–H and O–H groups in total. The van der Waals surface area contributed by atoms with Crippen LogP contribution in [0.3, 0.4) is 0 Å². The third-order valence-electron chi connectivity index (χ3n) is 7.17. The molecular formula is C32H41BrN4O4S. The summed E-state index contributed by atoms with van der Waals surface area (Å²) in [6, 6.07) is 21.6. The van der Waals surface area contributed by atoms with Gasteiger partial charge in [-0.1, -0.05) is 77.5 Å². The number of hydrogen-bond acceptors (Lipinski definition) is 4. The second-order valence-electron chi connectivity index (χ2n) is 10.8. The normalized spacial score (nSPS) is 13.0. The molecule has 10 heteroatoms. The molecule has 3 aromatic carbocycles. The van der Waals surface area contributed by atoms with Gasteiger partial charge in [0.05, 0.1) is 5.69 Å². The first-order chi connectivity index (χ1) is 19.8. The van der Waals surface area contributed by atoms with E-state index in [1.54, 1.807) is 6.07 Å². The lowest BCUT2D eigenvalue weighted by molar-refractivity contribution is -0.140. The molecule has 0 radical (unpaired) electrons. The van der Waals surface area contributed by atoms with E-state index in [1.165, 1.54) is 19.0 Å². The van der Waals surface area contributed by atoms with E-state index < -0.39 is 28.7 Å². The van der Waals surface area contributed by atoms with Crippen LogP contribution in [0.25, 0.3) is 0 Å². The third-order valence-corrected chi connectivity index (χ3v) is 9.47. The van der Waals surface area contributed by atoms with Crippen LogP contribution < -0.4 is 9.62 Å². The van der Waals surface area contributed by atoms with Gasteiger partial charge in [0.15, 0.2) is 0 Å². The molecular weight excluding hydrogens is 616 g/mol. The van der Waals surface area contributed by atoms with Gasteiger partial charge in [-0.25, -0.2) is 4.31 Å². The Morgan fingerprint density at radius 3 is 2.21 bits per heavy atom. The molecule has 0 unspecified atom stereocenters. The number of rotatable bonds is 13. The maximum Gasteiger partial charge on any atom is 0.304 e. The molecule has 2 atom stereocenters. The average molecular weight is 658 g/mol. The molecule has 0 saturated carbocycles. The Balaban J connectivity index is 2.13. The highest BCUT2D eigenvalue weighted by Gasteiger charge is 2.35. The quantitative estimate of drug-likeness (QED) is 0.273. The van der Waals surface area contributed by atoms with Gasteiger partial charge in [-0.3, -0.25) is 9.59 Å². The van der Waals surface area contributed by atoms with Crippen LogP contribution in [0.4, 0.5) is 5.69 Å². The van der Waals surface area contributed by atoms with Crippen LogP contribution in [-0.4, -0.2) is 62.2 Å². The van der Waals surface area contributed by atoms with E-state index in [4.69, 9.17) is 0 Å². The molecule has 3 rings (SSSR count). The predicted molar refractivity (Wildman–Crippen MR) is 172 cm³/mol. The third kappa shape index (κ3) is 8.65. The number of anilines is 1. The SMILES string of the molecule is CC[C@@H](C)NC(=O)[C@H](Cc1ccccc1)N(Cc1cccc(Br)c1)C(=O)CN(c1cc(C)ccc1C)S(=O)(=O)N(C)C. The second-order valence-corrected chi connectivity index (χ2v) is 13.7. The van der Waals surface area contributed by atoms with E-state index >= 15 is 0 Å². The van der Waals surface area contributed by atoms with Gasteiger partial charge in [0, 0.05) is 37.6 Å². The number of aryl methyl sites for hydroxylation is 2. The molecule has 0 aliphatic carbocycles. The summed E-state index contributed by atoms with van der Waals surface area (Å²) in [5.74, 6) is -0.771. The molecule has 2 amide bonds. The Morgan fingerprint density at radius 1 is 0.929 bits per heavy atom. The zero-order valence-electron chi connectivity index (χ0n) is 25.2. The van der Waals surface area contributed by atoms with Crippen LogP contribution in [0.1, 0.15) is 42.5 Å². The number of hydrogen-bond donors (Lipinski definition) is 1. The van der Waals surface area contributed by atoms with Crippen LogP contribution in [-0.2, 0) is 32.8 Å². The number of nitrogens with one attached hydrogen (secondary N) is 1. The molecule has 8 nitrogen and oxygen atoms in total. The average Bonchev–Trinajstić information content (AvgIpc) is 2.95. The summed E-state index contributed by atoms with van der Waals surface area (Å²) in [5.41, 5.74) is 3.70. The van der Waals surface area contributed by atoms with Crippen molar-refractivity contribution in [3.8, 4) is 0 Å². The van der Waals surface area contributed by atoms with Crippen LogP contribution in [0.15, 0.2) is 77.3 Å². The highest BCUT2D eigenvalue weighted by atomic mass is 79.9. The lowest BCUT2D eigenvalue weighted by atomic mass is 10.0. The number of nitrogens with zero attached hydrogens (tertiary/aromatic N) is 3. The van der Waals surface area contributed by atoms with Crippen LogP contribution in [0.2, 0.25) is 0 Å². The molecule has 226 valence electrons. The van der Waals surface area contributed by atoms with Gasteiger partial charge in [0.1, 0.15) is 12.6 Å². The number of amides is 2. The maximum absolute atomic E-state index is 14.4. The number of halogens is 1. The van der Waals surface area contributed by atoms with Crippen molar-refractivity contribution in [2.24, 2.45) is 0 Å². The topological polar surface area (TPSA) is 90.0 Å². The minimum atomic E-state index is -4.06. The summed E-state index contributed by atoms with van der Waals surface area (Å²) in [4.78, 5) is 29.7. The molecule has 0 heterocycles. The van der Waals surface area contributed by atoms with Gasteiger partial charge >= 0.3 is 10.2 Å². The molecule has 0 aliphatic rings. The van der Waals surface area contributed by atoms with Gasteiger partial charge in [-0.2, -0.15) is 12.7 Å². The van der Waals surface area contributed by atoms with Gasteiger partial charge in [-0.05, 0) is 67.6 Å². The van der Waals surface area contributed by atoms with E-state index in [9.17, 15) is 18.0 Å². The summed E-state index contributed by atoms with van der Waals surface area (Å²) in [5, 5.41) is 3.05. The van der Waals surface area contributed by atoms with Gasteiger partial charge in [0.2, 0.25) is 11.8 Å². The van der Waals surface area contributed by atoms with Gasteiger partial charge in [-0.15, -0.1) is 0 Å². The van der Waals surface area contributed by atoms with Crippen molar-refractivity contribution < 1.29 is 18.0 Å². The van der Waals surface area contributed by atoms with Crippen molar-refractivity contribution in [2.75, 3.05) is 24.9 Å². The number of carbonyl (C=O) groups excluding carboxylic acids is 2. The maximum atomic E-state index is 14.4. The predicted octanol–water partition coefficient (Wildman–Crippen LogP) is 5.23. The Kier molecular flexibility index (Phi) is 11.7. The Bertz CT molecular complexity index is 1480. The lowest BCUT2D eigenvalue weighted by Crippen LogP contribution is -2.55. The summed E-state index contributed by atoms with van der Waals surface area (Å²) in [6.07, 6.45) is 0.998. The van der Waals surface area contributed by atoms with Crippen molar-refractivity contribution in [1.82, 2.24) is 14.5 Å². The monoisotopic (exact) mass is 656 g/mol. The van der Waals surface area contributed by atoms with Gasteiger partial charge < -0.3 is 10.2 Å². The molecule has 0 saturated heterocycles. The van der Waals surface area contributed by atoms with Crippen LogP contribution in [0, 0.1) is 13.8 Å². The number of benzene rings is 3. The molecule has 0 bridgehead atoms. The van der Waals surface area contributed by atoms with Crippen LogP contribution >= 0.6 is 15.9 Å². The summed E-state index contributed by atoms with van der Waals surface area (Å²) in [7, 11) is -1.18. The zero-order chi connectivity index (χ0) is 31.0. The zero-order valence-corrected chi connectivity index (χ0v) is 27.6. The fourth-order valence-electron chi connectivity index (χ4n) is 4.52. The Labute approximate surface area is 259 Å². The summed E-state index contributed by atoms with van der Waals surface area (Å²) >= 11 is 3.50. The van der Waals surface area contributed by atoms with Crippen molar-refractivity contribution in [2.45, 2.75) is 59.2 Å². The molecule has 0 fully saturated rings. The van der Waals surface area contributed by atoms with Crippen LogP contribution in [0.5, 0.6) is 0 Å². The molecule has 0 aliphatic heterocycles. The minimum Gasteiger partial charge on any atom is -0.352 e. The fraction of sp³-hybridized carbons (Fsp3) is 0.375. The summed E-state index contributed by atoms with van der Waals surface area (Å²) < 4.78 is 30.3. The first-order valence-corrected chi connectivity index (χ1v) is 16.2. The van der Waals surface area contributed by atoms with E-state index in [1.807, 2.05) is 94.4 Å². The molecule has 0 aromatic heterocycles. The molecule has 42 heavy (non-hydrogen) atoms. The first-order valence-electron chi connectivity index (χ1n) is 14.0. The second kappa shape index (κ2) is 14.8. The van der Waals surface area contributed by atoms with E-state index in [0.29, 0.717) is 11.3 Å². The van der Waals surface area contributed by atoms with Crippen molar-refractivity contribution >= 4 is 43.6 Å². The number of carbonyl (C=O) groups is 2. The standard InChI is InChI=1S/C32H41BrN4O4S/c1-7-25(4)34-32(39)30(20-26-12-9-8-10-13-26)36(21-27-14-11-15-28(33)19-27)31(38)22-37(42(40,41)35(5)6)29-18-23(2)16-17-24(29)3/h8-19,25,30H,7,20-22H2,1-6H3,(H,34,39)/t25-,30+/m1/s1. The smallest absolute Gasteiger partial charge is 0.304 e. The van der Waals surface area contributed by atoms with E-state index in [-0.39, 0.29) is 24.9 Å². The largest absolute Gasteiger partial charge is 0.352 e. The van der Waals surface area contributed by atoms with Crippen molar-refractivity contribution in [1.29, 1.82) is 0 Å². The fourth-order valence-corrected chi connectivity index (χ4v) is 6.08.